The summed E-state index contributed by atoms with van der Waals surface area (Å²) in [4.78, 5) is 13.0. The number of benzene rings is 2. The van der Waals surface area contributed by atoms with E-state index in [1.807, 2.05) is 31.2 Å². The summed E-state index contributed by atoms with van der Waals surface area (Å²) in [6, 6.07) is 11.8. The SMILES string of the molecule is COc1ccccc1[C@H](C)NC(=O)c1cc(S(=O)(=O)N2CCOCC2)ccc1C. The lowest BCUT2D eigenvalue weighted by molar-refractivity contribution is 0.0730. The van der Waals surface area contributed by atoms with Crippen molar-refractivity contribution >= 4 is 15.9 Å². The summed E-state index contributed by atoms with van der Waals surface area (Å²) in [5.74, 6) is 0.348. The average Bonchev–Trinajstić information content (AvgIpc) is 2.74. The van der Waals surface area contributed by atoms with E-state index in [1.165, 1.54) is 10.4 Å². The number of rotatable bonds is 6. The van der Waals surface area contributed by atoms with Crippen molar-refractivity contribution in [3.8, 4) is 5.75 Å². The Kier molecular flexibility index (Phi) is 6.56. The summed E-state index contributed by atoms with van der Waals surface area (Å²) in [5.41, 5.74) is 1.88. The van der Waals surface area contributed by atoms with Crippen molar-refractivity contribution in [1.29, 1.82) is 0 Å². The lowest BCUT2D eigenvalue weighted by atomic mass is 10.0. The molecule has 8 heteroatoms. The van der Waals surface area contributed by atoms with E-state index < -0.39 is 10.0 Å². The second-order valence-corrected chi connectivity index (χ2v) is 8.87. The van der Waals surface area contributed by atoms with Crippen LogP contribution in [0.3, 0.4) is 0 Å². The van der Waals surface area contributed by atoms with E-state index >= 15 is 0 Å². The van der Waals surface area contributed by atoms with Gasteiger partial charge in [0.2, 0.25) is 10.0 Å². The number of hydrogen-bond donors (Lipinski definition) is 1. The summed E-state index contributed by atoms with van der Waals surface area (Å²) in [6.45, 7) is 5.00. The summed E-state index contributed by atoms with van der Waals surface area (Å²) in [6.07, 6.45) is 0. The van der Waals surface area contributed by atoms with Gasteiger partial charge in [0.15, 0.2) is 0 Å². The van der Waals surface area contributed by atoms with Crippen LogP contribution < -0.4 is 10.1 Å². The van der Waals surface area contributed by atoms with Crippen LogP contribution in [0.25, 0.3) is 0 Å². The van der Waals surface area contributed by atoms with Gasteiger partial charge in [-0.1, -0.05) is 24.3 Å². The molecule has 2 aromatic rings. The summed E-state index contributed by atoms with van der Waals surface area (Å²) in [7, 11) is -2.09. The molecule has 1 aliphatic heterocycles. The van der Waals surface area contributed by atoms with Gasteiger partial charge < -0.3 is 14.8 Å². The predicted molar refractivity (Wildman–Crippen MR) is 110 cm³/mol. The van der Waals surface area contributed by atoms with E-state index in [0.29, 0.717) is 43.2 Å². The molecule has 0 saturated carbocycles. The molecule has 1 heterocycles. The van der Waals surface area contributed by atoms with Gasteiger partial charge in [-0.15, -0.1) is 0 Å². The van der Waals surface area contributed by atoms with Gasteiger partial charge in [-0.3, -0.25) is 4.79 Å². The summed E-state index contributed by atoms with van der Waals surface area (Å²) < 4.78 is 37.8. The molecule has 3 rings (SSSR count). The molecular weight excluding hydrogens is 392 g/mol. The minimum absolute atomic E-state index is 0.111. The standard InChI is InChI=1S/C21H26N2O5S/c1-15-8-9-17(29(25,26)23-10-12-28-13-11-23)14-19(15)21(24)22-16(2)18-6-4-5-7-20(18)27-3/h4-9,14,16H,10-13H2,1-3H3,(H,22,24)/t16-/m0/s1. The van der Waals surface area contributed by atoms with Crippen LogP contribution in [0.2, 0.25) is 0 Å². The molecule has 0 unspecified atom stereocenters. The maximum atomic E-state index is 12.9. The number of aryl methyl sites for hydroxylation is 1. The van der Waals surface area contributed by atoms with E-state index in [2.05, 4.69) is 5.32 Å². The molecule has 0 radical (unpaired) electrons. The molecule has 1 aliphatic rings. The first-order valence-electron chi connectivity index (χ1n) is 9.47. The molecule has 0 aromatic heterocycles. The Morgan fingerprint density at radius 1 is 1.17 bits per heavy atom. The number of carbonyl (C=O) groups is 1. The summed E-state index contributed by atoms with van der Waals surface area (Å²) >= 11 is 0. The zero-order chi connectivity index (χ0) is 21.0. The topological polar surface area (TPSA) is 84.9 Å². The van der Waals surface area contributed by atoms with Gasteiger partial charge in [0.25, 0.3) is 5.91 Å². The third-order valence-corrected chi connectivity index (χ3v) is 6.91. The third kappa shape index (κ3) is 4.60. The van der Waals surface area contributed by atoms with Gasteiger partial charge in [-0.25, -0.2) is 8.42 Å². The highest BCUT2D eigenvalue weighted by molar-refractivity contribution is 7.89. The highest BCUT2D eigenvalue weighted by atomic mass is 32.2. The van der Waals surface area contributed by atoms with E-state index in [9.17, 15) is 13.2 Å². The maximum absolute atomic E-state index is 12.9. The van der Waals surface area contributed by atoms with Gasteiger partial charge in [0, 0.05) is 24.2 Å². The second kappa shape index (κ2) is 8.94. The smallest absolute Gasteiger partial charge is 0.252 e. The number of sulfonamides is 1. The quantitative estimate of drug-likeness (QED) is 0.779. The monoisotopic (exact) mass is 418 g/mol. The Labute approximate surface area is 171 Å². The Morgan fingerprint density at radius 3 is 2.55 bits per heavy atom. The minimum atomic E-state index is -3.67. The highest BCUT2D eigenvalue weighted by Gasteiger charge is 2.27. The minimum Gasteiger partial charge on any atom is -0.496 e. The van der Waals surface area contributed by atoms with Crippen LogP contribution in [-0.4, -0.2) is 52.0 Å². The molecule has 1 fully saturated rings. The fourth-order valence-corrected chi connectivity index (χ4v) is 4.75. The van der Waals surface area contributed by atoms with Crippen molar-refractivity contribution in [2.45, 2.75) is 24.8 Å². The Morgan fingerprint density at radius 2 is 1.86 bits per heavy atom. The van der Waals surface area contributed by atoms with Gasteiger partial charge in [0.1, 0.15) is 5.75 Å². The predicted octanol–water partition coefficient (Wildman–Crippen LogP) is 2.52. The van der Waals surface area contributed by atoms with Crippen molar-refractivity contribution < 1.29 is 22.7 Å². The normalized spacial score (nSPS) is 16.2. The summed E-state index contributed by atoms with van der Waals surface area (Å²) in [5, 5.41) is 2.94. The number of nitrogens with zero attached hydrogens (tertiary/aromatic N) is 1. The van der Waals surface area contributed by atoms with Gasteiger partial charge in [-0.05, 0) is 37.6 Å². The molecule has 1 N–H and O–H groups in total. The van der Waals surface area contributed by atoms with E-state index in [1.54, 1.807) is 26.2 Å². The van der Waals surface area contributed by atoms with Gasteiger partial charge >= 0.3 is 0 Å². The van der Waals surface area contributed by atoms with E-state index in [4.69, 9.17) is 9.47 Å². The van der Waals surface area contributed by atoms with Crippen molar-refractivity contribution in [3.63, 3.8) is 0 Å². The van der Waals surface area contributed by atoms with Crippen LogP contribution >= 0.6 is 0 Å². The van der Waals surface area contributed by atoms with Crippen LogP contribution in [0.4, 0.5) is 0 Å². The molecule has 0 bridgehead atoms. The van der Waals surface area contributed by atoms with Crippen molar-refractivity contribution in [1.82, 2.24) is 9.62 Å². The molecule has 1 saturated heterocycles. The Balaban J connectivity index is 1.85. The van der Waals surface area contributed by atoms with E-state index in [-0.39, 0.29) is 16.8 Å². The largest absolute Gasteiger partial charge is 0.496 e. The van der Waals surface area contributed by atoms with Crippen molar-refractivity contribution in [2.24, 2.45) is 0 Å². The maximum Gasteiger partial charge on any atom is 0.252 e. The molecular formula is C21H26N2O5S. The lowest BCUT2D eigenvalue weighted by Crippen LogP contribution is -2.40. The Bertz CT molecular complexity index is 984. The third-order valence-electron chi connectivity index (χ3n) is 5.01. The lowest BCUT2D eigenvalue weighted by Gasteiger charge is -2.26. The number of amides is 1. The molecule has 7 nitrogen and oxygen atoms in total. The number of nitrogens with one attached hydrogen (secondary N) is 1. The zero-order valence-electron chi connectivity index (χ0n) is 16.8. The number of ether oxygens (including phenoxy) is 2. The average molecular weight is 419 g/mol. The Hall–Kier alpha value is -2.42. The van der Waals surface area contributed by atoms with Gasteiger partial charge in [-0.2, -0.15) is 4.31 Å². The first-order valence-corrected chi connectivity index (χ1v) is 10.9. The van der Waals surface area contributed by atoms with E-state index in [0.717, 1.165) is 5.56 Å². The molecule has 1 atom stereocenters. The zero-order valence-corrected chi connectivity index (χ0v) is 17.7. The first-order chi connectivity index (χ1) is 13.8. The van der Waals surface area contributed by atoms with Crippen LogP contribution in [0.1, 0.15) is 34.5 Å². The molecule has 156 valence electrons. The second-order valence-electron chi connectivity index (χ2n) is 6.93. The number of morpholine rings is 1. The van der Waals surface area contributed by atoms with Crippen LogP contribution in [0.5, 0.6) is 5.75 Å². The van der Waals surface area contributed by atoms with Crippen LogP contribution in [0.15, 0.2) is 47.4 Å². The number of hydrogen-bond acceptors (Lipinski definition) is 5. The first kappa shape index (κ1) is 21.3. The highest BCUT2D eigenvalue weighted by Crippen LogP contribution is 2.25. The molecule has 0 spiro atoms. The number of para-hydroxylation sites is 1. The van der Waals surface area contributed by atoms with Crippen molar-refractivity contribution in [2.75, 3.05) is 33.4 Å². The molecule has 1 amide bonds. The fourth-order valence-electron chi connectivity index (χ4n) is 3.32. The molecule has 29 heavy (non-hydrogen) atoms. The fraction of sp³-hybridized carbons (Fsp3) is 0.381. The van der Waals surface area contributed by atoms with Gasteiger partial charge in [0.05, 0.1) is 31.3 Å². The number of carbonyl (C=O) groups excluding carboxylic acids is 1. The number of methoxy groups -OCH3 is 1. The van der Waals surface area contributed by atoms with Crippen LogP contribution in [0, 0.1) is 6.92 Å². The van der Waals surface area contributed by atoms with Crippen molar-refractivity contribution in [3.05, 3.63) is 59.2 Å². The molecule has 0 aliphatic carbocycles. The molecule has 2 aromatic carbocycles. The van der Waals surface area contributed by atoms with Crippen LogP contribution in [-0.2, 0) is 14.8 Å².